The van der Waals surface area contributed by atoms with E-state index in [2.05, 4.69) is 27.5 Å². The van der Waals surface area contributed by atoms with Gasteiger partial charge in [0.1, 0.15) is 11.5 Å². The van der Waals surface area contributed by atoms with Gasteiger partial charge in [0.25, 0.3) is 5.91 Å². The highest BCUT2D eigenvalue weighted by molar-refractivity contribution is 6.03. The van der Waals surface area contributed by atoms with Crippen molar-refractivity contribution in [2.75, 3.05) is 10.6 Å². The molecule has 0 aliphatic rings. The lowest BCUT2D eigenvalue weighted by atomic mass is 10.1. The van der Waals surface area contributed by atoms with Crippen molar-refractivity contribution in [1.29, 1.82) is 0 Å². The third-order valence-corrected chi connectivity index (χ3v) is 3.62. The average molecular weight is 336 g/mol. The maximum Gasteiger partial charge on any atom is 0.274 e. The Balaban J connectivity index is 1.78. The molecule has 0 atom stereocenters. The van der Waals surface area contributed by atoms with E-state index in [-0.39, 0.29) is 5.69 Å². The number of aryl methyl sites for hydroxylation is 1. The Labute approximate surface area is 145 Å². The Morgan fingerprint density at radius 1 is 1.12 bits per heavy atom. The molecule has 6 heteroatoms. The van der Waals surface area contributed by atoms with Crippen molar-refractivity contribution in [2.45, 2.75) is 13.3 Å². The normalized spacial score (nSPS) is 10.3. The molecule has 0 radical (unpaired) electrons. The average Bonchev–Trinajstić information content (AvgIpc) is 2.62. The Hall–Kier alpha value is -3.28. The number of nitrogens with one attached hydrogen (secondary N) is 2. The molecule has 2 N–H and O–H groups in total. The lowest BCUT2D eigenvalue weighted by Crippen LogP contribution is -2.15. The second kappa shape index (κ2) is 7.53. The van der Waals surface area contributed by atoms with Crippen LogP contribution in [-0.2, 0) is 6.42 Å². The van der Waals surface area contributed by atoms with Crippen molar-refractivity contribution in [3.63, 3.8) is 0 Å². The van der Waals surface area contributed by atoms with Gasteiger partial charge >= 0.3 is 0 Å². The second-order valence-corrected chi connectivity index (χ2v) is 5.37. The van der Waals surface area contributed by atoms with Crippen LogP contribution in [0.1, 0.15) is 23.0 Å². The third-order valence-electron chi connectivity index (χ3n) is 3.62. The highest BCUT2D eigenvalue weighted by Crippen LogP contribution is 2.19. The van der Waals surface area contributed by atoms with Crippen LogP contribution < -0.4 is 10.6 Å². The Bertz CT molecular complexity index is 898. The molecule has 0 aliphatic heterocycles. The van der Waals surface area contributed by atoms with Crippen molar-refractivity contribution in [3.8, 4) is 0 Å². The molecule has 126 valence electrons. The number of aromatic nitrogens is 2. The van der Waals surface area contributed by atoms with Gasteiger partial charge in [-0.2, -0.15) is 0 Å². The summed E-state index contributed by atoms with van der Waals surface area (Å²) in [7, 11) is 0. The molecule has 0 spiro atoms. The number of nitrogens with zero attached hydrogens (tertiary/aromatic N) is 2. The van der Waals surface area contributed by atoms with Gasteiger partial charge in [-0.15, -0.1) is 0 Å². The fraction of sp³-hybridized carbons (Fsp3) is 0.105. The fourth-order valence-corrected chi connectivity index (χ4v) is 2.38. The van der Waals surface area contributed by atoms with Gasteiger partial charge in [0.2, 0.25) is 5.95 Å². The Morgan fingerprint density at radius 2 is 1.96 bits per heavy atom. The lowest BCUT2D eigenvalue weighted by molar-refractivity contribution is 0.102. The predicted octanol–water partition coefficient (Wildman–Crippen LogP) is 4.17. The summed E-state index contributed by atoms with van der Waals surface area (Å²) in [5.41, 5.74) is 2.58. The van der Waals surface area contributed by atoms with E-state index in [1.165, 1.54) is 30.5 Å². The van der Waals surface area contributed by atoms with E-state index in [4.69, 9.17) is 0 Å². The number of hydrogen-bond donors (Lipinski definition) is 2. The quantitative estimate of drug-likeness (QED) is 0.734. The van der Waals surface area contributed by atoms with Gasteiger partial charge in [0.05, 0.1) is 0 Å². The standard InChI is InChI=1S/C19H17FN4O/c1-2-13-6-3-4-9-16(13)23-19-21-11-10-17(24-19)18(25)22-15-8-5-7-14(20)12-15/h3-12H,2H2,1H3,(H,22,25)(H,21,23,24). The number of anilines is 3. The largest absolute Gasteiger partial charge is 0.324 e. The van der Waals surface area contributed by atoms with E-state index in [0.29, 0.717) is 11.6 Å². The summed E-state index contributed by atoms with van der Waals surface area (Å²) < 4.78 is 13.2. The molecule has 0 saturated carbocycles. The van der Waals surface area contributed by atoms with Gasteiger partial charge in [-0.3, -0.25) is 4.79 Å². The van der Waals surface area contributed by atoms with Crippen LogP contribution in [-0.4, -0.2) is 15.9 Å². The number of halogens is 1. The van der Waals surface area contributed by atoms with Gasteiger partial charge in [-0.1, -0.05) is 31.2 Å². The molecule has 0 saturated heterocycles. The van der Waals surface area contributed by atoms with Crippen LogP contribution in [0.25, 0.3) is 0 Å². The first kappa shape index (κ1) is 16.6. The molecule has 2 aromatic carbocycles. The minimum Gasteiger partial charge on any atom is -0.324 e. The summed E-state index contributed by atoms with van der Waals surface area (Å²) in [5, 5.41) is 5.75. The SMILES string of the molecule is CCc1ccccc1Nc1nccc(C(=O)Nc2cccc(F)c2)n1. The highest BCUT2D eigenvalue weighted by atomic mass is 19.1. The molecule has 1 amide bonds. The van der Waals surface area contributed by atoms with Crippen LogP contribution in [0.4, 0.5) is 21.7 Å². The zero-order chi connectivity index (χ0) is 17.6. The number of para-hydroxylation sites is 1. The number of hydrogen-bond acceptors (Lipinski definition) is 4. The van der Waals surface area contributed by atoms with E-state index < -0.39 is 11.7 Å². The van der Waals surface area contributed by atoms with E-state index >= 15 is 0 Å². The minimum atomic E-state index is -0.431. The zero-order valence-corrected chi connectivity index (χ0v) is 13.7. The predicted molar refractivity (Wildman–Crippen MR) is 95.5 cm³/mol. The zero-order valence-electron chi connectivity index (χ0n) is 13.7. The molecule has 0 fully saturated rings. The molecule has 0 aliphatic carbocycles. The number of carbonyl (C=O) groups is 1. The monoisotopic (exact) mass is 336 g/mol. The van der Waals surface area contributed by atoms with Gasteiger partial charge in [-0.05, 0) is 42.3 Å². The van der Waals surface area contributed by atoms with E-state index in [9.17, 15) is 9.18 Å². The molecule has 25 heavy (non-hydrogen) atoms. The molecule has 0 unspecified atom stereocenters. The number of amides is 1. The van der Waals surface area contributed by atoms with Crippen molar-refractivity contribution in [3.05, 3.63) is 77.9 Å². The van der Waals surface area contributed by atoms with Gasteiger partial charge < -0.3 is 10.6 Å². The molecular weight excluding hydrogens is 319 g/mol. The Morgan fingerprint density at radius 3 is 2.76 bits per heavy atom. The van der Waals surface area contributed by atoms with Crippen LogP contribution in [0.3, 0.4) is 0 Å². The van der Waals surface area contributed by atoms with Crippen LogP contribution >= 0.6 is 0 Å². The molecule has 1 heterocycles. The van der Waals surface area contributed by atoms with Gasteiger partial charge in [-0.25, -0.2) is 14.4 Å². The summed E-state index contributed by atoms with van der Waals surface area (Å²) >= 11 is 0. The van der Waals surface area contributed by atoms with E-state index in [0.717, 1.165) is 17.7 Å². The first-order chi connectivity index (χ1) is 12.2. The second-order valence-electron chi connectivity index (χ2n) is 5.37. The number of benzene rings is 2. The Kier molecular flexibility index (Phi) is 4.99. The van der Waals surface area contributed by atoms with Crippen LogP contribution in [0.2, 0.25) is 0 Å². The number of rotatable bonds is 5. The van der Waals surface area contributed by atoms with Gasteiger partial charge in [0.15, 0.2) is 0 Å². The first-order valence-corrected chi connectivity index (χ1v) is 7.90. The maximum absolute atomic E-state index is 13.2. The number of carbonyl (C=O) groups excluding carboxylic acids is 1. The maximum atomic E-state index is 13.2. The molecule has 0 bridgehead atoms. The van der Waals surface area contributed by atoms with Crippen molar-refractivity contribution < 1.29 is 9.18 Å². The molecule has 5 nitrogen and oxygen atoms in total. The van der Waals surface area contributed by atoms with Crippen LogP contribution in [0.5, 0.6) is 0 Å². The minimum absolute atomic E-state index is 0.191. The van der Waals surface area contributed by atoms with E-state index in [1.54, 1.807) is 6.07 Å². The van der Waals surface area contributed by atoms with Crippen molar-refractivity contribution in [2.24, 2.45) is 0 Å². The van der Waals surface area contributed by atoms with Gasteiger partial charge in [0, 0.05) is 17.6 Å². The molecule has 3 aromatic rings. The van der Waals surface area contributed by atoms with Crippen molar-refractivity contribution >= 4 is 23.2 Å². The van der Waals surface area contributed by atoms with Crippen LogP contribution in [0, 0.1) is 5.82 Å². The smallest absolute Gasteiger partial charge is 0.274 e. The third kappa shape index (κ3) is 4.17. The molecule has 1 aromatic heterocycles. The summed E-state index contributed by atoms with van der Waals surface area (Å²) in [6, 6.07) is 15.0. The summed E-state index contributed by atoms with van der Waals surface area (Å²) in [6.07, 6.45) is 2.37. The first-order valence-electron chi connectivity index (χ1n) is 7.90. The summed E-state index contributed by atoms with van der Waals surface area (Å²) in [5.74, 6) is -0.522. The summed E-state index contributed by atoms with van der Waals surface area (Å²) in [4.78, 5) is 20.7. The molecular formula is C19H17FN4O. The highest BCUT2D eigenvalue weighted by Gasteiger charge is 2.10. The van der Waals surface area contributed by atoms with E-state index in [1.807, 2.05) is 24.3 Å². The molecule has 3 rings (SSSR count). The fourth-order valence-electron chi connectivity index (χ4n) is 2.38. The van der Waals surface area contributed by atoms with Crippen LogP contribution in [0.15, 0.2) is 60.8 Å². The van der Waals surface area contributed by atoms with Crippen molar-refractivity contribution in [1.82, 2.24) is 9.97 Å². The summed E-state index contributed by atoms with van der Waals surface area (Å²) in [6.45, 7) is 2.06. The lowest BCUT2D eigenvalue weighted by Gasteiger charge is -2.10. The topological polar surface area (TPSA) is 66.9 Å².